The lowest BCUT2D eigenvalue weighted by Crippen LogP contribution is -2.03. The van der Waals surface area contributed by atoms with E-state index in [9.17, 15) is 5.11 Å². The highest BCUT2D eigenvalue weighted by atomic mass is 16.5. The number of fused-ring (bicyclic) bond motifs is 1. The molecule has 2 rings (SSSR count). The van der Waals surface area contributed by atoms with E-state index in [1.807, 2.05) is 19.9 Å². The van der Waals surface area contributed by atoms with Gasteiger partial charge in [-0.2, -0.15) is 0 Å². The quantitative estimate of drug-likeness (QED) is 0.555. The topological polar surface area (TPSA) is 79.2 Å². The molecule has 0 amide bonds. The summed E-state index contributed by atoms with van der Waals surface area (Å²) in [5.41, 5.74) is 4.68. The van der Waals surface area contributed by atoms with Crippen molar-refractivity contribution < 1.29 is 24.8 Å². The maximum absolute atomic E-state index is 10.5. The van der Waals surface area contributed by atoms with Crippen molar-refractivity contribution in [2.75, 3.05) is 7.11 Å². The molecule has 3 N–H and O–H groups in total. The third kappa shape index (κ3) is 3.43. The molecule has 1 aliphatic rings. The van der Waals surface area contributed by atoms with Gasteiger partial charge in [0.05, 0.1) is 20.3 Å². The Morgan fingerprint density at radius 2 is 2.00 bits per heavy atom. The number of benzene rings is 1. The van der Waals surface area contributed by atoms with Crippen LogP contribution in [-0.4, -0.2) is 28.7 Å². The van der Waals surface area contributed by atoms with Crippen molar-refractivity contribution in [3.63, 3.8) is 0 Å². The SMILES string of the molecule is COc1c(C)c2c(c(O)c1C/C=C(\C)CCC(O)O)COC2. The summed E-state index contributed by atoms with van der Waals surface area (Å²) in [7, 11) is 1.60. The summed E-state index contributed by atoms with van der Waals surface area (Å²) in [6.45, 7) is 4.86. The molecule has 0 aliphatic carbocycles. The summed E-state index contributed by atoms with van der Waals surface area (Å²) in [4.78, 5) is 0. The van der Waals surface area contributed by atoms with Gasteiger partial charge in [-0.15, -0.1) is 0 Å². The normalized spacial score (nSPS) is 14.5. The van der Waals surface area contributed by atoms with Crippen LogP contribution < -0.4 is 4.74 Å². The number of allylic oxidation sites excluding steroid dienone is 2. The van der Waals surface area contributed by atoms with E-state index in [-0.39, 0.29) is 5.75 Å². The number of rotatable bonds is 6. The fourth-order valence-electron chi connectivity index (χ4n) is 2.83. The van der Waals surface area contributed by atoms with Crippen LogP contribution in [-0.2, 0) is 24.4 Å². The highest BCUT2D eigenvalue weighted by Crippen LogP contribution is 2.41. The third-order valence-electron chi connectivity index (χ3n) is 4.15. The zero-order valence-corrected chi connectivity index (χ0v) is 13.3. The first-order chi connectivity index (χ1) is 10.5. The lowest BCUT2D eigenvalue weighted by atomic mass is 9.95. The molecule has 5 nitrogen and oxygen atoms in total. The second kappa shape index (κ2) is 7.13. The van der Waals surface area contributed by atoms with E-state index in [0.717, 1.165) is 27.8 Å². The second-order valence-corrected chi connectivity index (χ2v) is 5.71. The Morgan fingerprint density at radius 1 is 1.32 bits per heavy atom. The number of phenols is 1. The summed E-state index contributed by atoms with van der Waals surface area (Å²) < 4.78 is 10.9. The Labute approximate surface area is 130 Å². The van der Waals surface area contributed by atoms with Gasteiger partial charge in [0.2, 0.25) is 0 Å². The summed E-state index contributed by atoms with van der Waals surface area (Å²) >= 11 is 0. The monoisotopic (exact) mass is 308 g/mol. The van der Waals surface area contributed by atoms with Gasteiger partial charge in [0.25, 0.3) is 0 Å². The predicted molar refractivity (Wildman–Crippen MR) is 82.8 cm³/mol. The number of methoxy groups -OCH3 is 1. The Balaban J connectivity index is 2.27. The van der Waals surface area contributed by atoms with Crippen LogP contribution in [0.15, 0.2) is 11.6 Å². The standard InChI is InChI=1S/C17H24O5/c1-10(5-7-15(18)19)4-6-12-16(20)14-9-22-8-13(14)11(2)17(12)21-3/h4,15,18-20H,5-9H2,1-3H3/b10-4+. The smallest absolute Gasteiger partial charge is 0.151 e. The van der Waals surface area contributed by atoms with Crippen LogP contribution in [0.1, 0.15) is 42.0 Å². The fraction of sp³-hybridized carbons (Fsp3) is 0.529. The van der Waals surface area contributed by atoms with Gasteiger partial charge >= 0.3 is 0 Å². The molecule has 0 aromatic heterocycles. The van der Waals surface area contributed by atoms with Crippen molar-refractivity contribution in [3.05, 3.63) is 33.9 Å². The molecule has 1 aromatic rings. The first-order valence-corrected chi connectivity index (χ1v) is 7.45. The number of aliphatic hydroxyl groups is 2. The molecule has 0 unspecified atom stereocenters. The van der Waals surface area contributed by atoms with Gasteiger partial charge in [0.15, 0.2) is 6.29 Å². The molecule has 1 aromatic carbocycles. The molecule has 5 heteroatoms. The van der Waals surface area contributed by atoms with E-state index in [4.69, 9.17) is 19.7 Å². The minimum atomic E-state index is -1.29. The van der Waals surface area contributed by atoms with Crippen molar-refractivity contribution >= 4 is 0 Å². The molecule has 0 atom stereocenters. The summed E-state index contributed by atoms with van der Waals surface area (Å²) in [5, 5.41) is 28.3. The lowest BCUT2D eigenvalue weighted by molar-refractivity contribution is -0.0446. The van der Waals surface area contributed by atoms with Crippen molar-refractivity contribution in [3.8, 4) is 11.5 Å². The summed E-state index contributed by atoms with van der Waals surface area (Å²) in [5.74, 6) is 0.953. The highest BCUT2D eigenvalue weighted by molar-refractivity contribution is 5.59. The highest BCUT2D eigenvalue weighted by Gasteiger charge is 2.25. The maximum atomic E-state index is 10.5. The first kappa shape index (κ1) is 16.8. The van der Waals surface area contributed by atoms with Crippen molar-refractivity contribution in [2.45, 2.75) is 52.6 Å². The Bertz CT molecular complexity index is 575. The van der Waals surface area contributed by atoms with E-state index < -0.39 is 6.29 Å². The van der Waals surface area contributed by atoms with Gasteiger partial charge in [0.1, 0.15) is 11.5 Å². The molecule has 0 saturated carbocycles. The van der Waals surface area contributed by atoms with Gasteiger partial charge < -0.3 is 24.8 Å². The average molecular weight is 308 g/mol. The van der Waals surface area contributed by atoms with Gasteiger partial charge in [-0.1, -0.05) is 11.6 Å². The zero-order chi connectivity index (χ0) is 16.3. The molecular weight excluding hydrogens is 284 g/mol. The third-order valence-corrected chi connectivity index (χ3v) is 4.15. The van der Waals surface area contributed by atoms with Gasteiger partial charge in [-0.05, 0) is 37.8 Å². The van der Waals surface area contributed by atoms with Crippen LogP contribution in [0.3, 0.4) is 0 Å². The predicted octanol–water partition coefficient (Wildman–Crippen LogP) is 2.32. The number of hydrogen-bond acceptors (Lipinski definition) is 5. The number of hydrogen-bond donors (Lipinski definition) is 3. The van der Waals surface area contributed by atoms with E-state index >= 15 is 0 Å². The number of phenolic OH excluding ortho intramolecular Hbond substituents is 1. The van der Waals surface area contributed by atoms with Crippen molar-refractivity contribution in [1.82, 2.24) is 0 Å². The molecule has 0 bridgehead atoms. The molecular formula is C17H24O5. The molecule has 1 heterocycles. The number of aliphatic hydroxyl groups excluding tert-OH is 1. The van der Waals surface area contributed by atoms with Crippen LogP contribution in [0.4, 0.5) is 0 Å². The van der Waals surface area contributed by atoms with Crippen LogP contribution in [0.25, 0.3) is 0 Å². The lowest BCUT2D eigenvalue weighted by Gasteiger charge is -2.16. The number of aromatic hydroxyl groups is 1. The van der Waals surface area contributed by atoms with E-state index in [1.165, 1.54) is 0 Å². The molecule has 122 valence electrons. The zero-order valence-electron chi connectivity index (χ0n) is 13.3. The first-order valence-electron chi connectivity index (χ1n) is 7.45. The minimum Gasteiger partial charge on any atom is -0.507 e. The van der Waals surface area contributed by atoms with Crippen molar-refractivity contribution in [2.24, 2.45) is 0 Å². The Kier molecular flexibility index (Phi) is 5.45. The average Bonchev–Trinajstić information content (AvgIpc) is 2.97. The molecule has 0 radical (unpaired) electrons. The molecule has 22 heavy (non-hydrogen) atoms. The van der Waals surface area contributed by atoms with Crippen LogP contribution in [0.2, 0.25) is 0 Å². The minimum absolute atomic E-state index is 0.251. The largest absolute Gasteiger partial charge is 0.507 e. The Morgan fingerprint density at radius 3 is 2.64 bits per heavy atom. The van der Waals surface area contributed by atoms with Crippen molar-refractivity contribution in [1.29, 1.82) is 0 Å². The number of ether oxygens (including phenoxy) is 2. The van der Waals surface area contributed by atoms with Gasteiger partial charge in [-0.3, -0.25) is 0 Å². The van der Waals surface area contributed by atoms with E-state index in [0.29, 0.717) is 38.2 Å². The molecule has 0 fully saturated rings. The van der Waals surface area contributed by atoms with Gasteiger partial charge in [-0.25, -0.2) is 0 Å². The second-order valence-electron chi connectivity index (χ2n) is 5.71. The maximum Gasteiger partial charge on any atom is 0.151 e. The Hall–Kier alpha value is -1.56. The summed E-state index contributed by atoms with van der Waals surface area (Å²) in [6, 6.07) is 0. The van der Waals surface area contributed by atoms with Gasteiger partial charge in [0, 0.05) is 17.5 Å². The van der Waals surface area contributed by atoms with E-state index in [1.54, 1.807) is 7.11 Å². The van der Waals surface area contributed by atoms with Crippen LogP contribution in [0.5, 0.6) is 11.5 Å². The molecule has 0 saturated heterocycles. The fourth-order valence-corrected chi connectivity index (χ4v) is 2.83. The van der Waals surface area contributed by atoms with E-state index in [2.05, 4.69) is 0 Å². The van der Waals surface area contributed by atoms with Crippen LogP contribution >= 0.6 is 0 Å². The van der Waals surface area contributed by atoms with Crippen LogP contribution in [0, 0.1) is 6.92 Å². The molecule has 0 spiro atoms. The summed E-state index contributed by atoms with van der Waals surface area (Å²) in [6.07, 6.45) is 2.15. The molecule has 1 aliphatic heterocycles.